The summed E-state index contributed by atoms with van der Waals surface area (Å²) >= 11 is 0. The van der Waals surface area contributed by atoms with Crippen molar-refractivity contribution in [2.45, 2.75) is 19.9 Å². The molecule has 0 heterocycles. The average molecular weight is 159 g/mol. The van der Waals surface area contributed by atoms with Crippen LogP contribution in [0.5, 0.6) is 0 Å². The summed E-state index contributed by atoms with van der Waals surface area (Å²) in [5.41, 5.74) is 5.42. The second-order valence-corrected chi connectivity index (χ2v) is 2.73. The highest BCUT2D eigenvalue weighted by Crippen LogP contribution is 1.98. The number of hydrogen-bond donors (Lipinski definition) is 3. The summed E-state index contributed by atoms with van der Waals surface area (Å²) < 4.78 is 0. The minimum atomic E-state index is -0.155. The zero-order valence-electron chi connectivity index (χ0n) is 7.35. The van der Waals surface area contributed by atoms with Gasteiger partial charge in [0, 0.05) is 13.1 Å². The molecule has 0 aliphatic rings. The predicted molar refractivity (Wildman–Crippen MR) is 45.3 cm³/mol. The summed E-state index contributed by atoms with van der Waals surface area (Å²) in [6, 6.07) is -0.0299. The van der Waals surface area contributed by atoms with Crippen LogP contribution in [0.15, 0.2) is 0 Å². The van der Waals surface area contributed by atoms with Crippen LogP contribution in [-0.4, -0.2) is 25.7 Å². The molecular formula is C7H17N3O. The van der Waals surface area contributed by atoms with Gasteiger partial charge in [-0.2, -0.15) is 0 Å². The number of carbonyl (C=O) groups is 1. The standard InChI is InChI=1S/C7H17N3O/c1-5(4-8)6(2)10-7(11)9-3/h5-6H,4,8H2,1-3H3,(H2,9,10,11). The van der Waals surface area contributed by atoms with Crippen LogP contribution in [0.3, 0.4) is 0 Å². The monoisotopic (exact) mass is 159 g/mol. The first-order valence-corrected chi connectivity index (χ1v) is 3.80. The second kappa shape index (κ2) is 4.96. The molecule has 2 unspecified atom stereocenters. The Kier molecular flexibility index (Phi) is 4.61. The molecule has 0 fully saturated rings. The van der Waals surface area contributed by atoms with Crippen LogP contribution in [0.1, 0.15) is 13.8 Å². The Morgan fingerprint density at radius 3 is 2.45 bits per heavy atom. The van der Waals surface area contributed by atoms with E-state index in [9.17, 15) is 4.79 Å². The Hall–Kier alpha value is -0.770. The largest absolute Gasteiger partial charge is 0.341 e. The van der Waals surface area contributed by atoms with Crippen LogP contribution in [0, 0.1) is 5.92 Å². The summed E-state index contributed by atoms with van der Waals surface area (Å²) in [6.07, 6.45) is 0. The van der Waals surface area contributed by atoms with Gasteiger partial charge in [-0.25, -0.2) is 4.79 Å². The highest BCUT2D eigenvalue weighted by molar-refractivity contribution is 5.73. The third kappa shape index (κ3) is 3.83. The topological polar surface area (TPSA) is 67.2 Å². The molecule has 0 rings (SSSR count). The van der Waals surface area contributed by atoms with Gasteiger partial charge >= 0.3 is 6.03 Å². The molecule has 0 aromatic carbocycles. The van der Waals surface area contributed by atoms with Gasteiger partial charge in [0.2, 0.25) is 0 Å². The molecule has 0 aliphatic heterocycles. The van der Waals surface area contributed by atoms with E-state index in [4.69, 9.17) is 5.73 Å². The van der Waals surface area contributed by atoms with Crippen LogP contribution in [0.25, 0.3) is 0 Å². The Balaban J connectivity index is 3.67. The maximum absolute atomic E-state index is 10.8. The molecule has 0 bridgehead atoms. The summed E-state index contributed by atoms with van der Waals surface area (Å²) in [5, 5.41) is 5.23. The molecule has 0 saturated carbocycles. The highest BCUT2D eigenvalue weighted by atomic mass is 16.2. The van der Waals surface area contributed by atoms with E-state index in [1.165, 1.54) is 0 Å². The van der Waals surface area contributed by atoms with Gasteiger partial charge < -0.3 is 16.4 Å². The molecule has 2 atom stereocenters. The first-order chi connectivity index (χ1) is 5.11. The van der Waals surface area contributed by atoms with Gasteiger partial charge in [-0.05, 0) is 19.4 Å². The van der Waals surface area contributed by atoms with Gasteiger partial charge in [-0.1, -0.05) is 6.92 Å². The minimum absolute atomic E-state index is 0.125. The van der Waals surface area contributed by atoms with E-state index < -0.39 is 0 Å². The quantitative estimate of drug-likeness (QED) is 0.538. The number of amides is 2. The normalized spacial score (nSPS) is 15.3. The van der Waals surface area contributed by atoms with E-state index in [2.05, 4.69) is 10.6 Å². The number of nitrogens with two attached hydrogens (primary N) is 1. The number of rotatable bonds is 3. The Bertz CT molecular complexity index is 127. The molecule has 0 aliphatic carbocycles. The van der Waals surface area contributed by atoms with E-state index in [1.54, 1.807) is 7.05 Å². The fourth-order valence-electron chi connectivity index (χ4n) is 0.625. The van der Waals surface area contributed by atoms with Crippen molar-refractivity contribution in [3.63, 3.8) is 0 Å². The van der Waals surface area contributed by atoms with Gasteiger partial charge in [-0.15, -0.1) is 0 Å². The first kappa shape index (κ1) is 10.2. The summed E-state index contributed by atoms with van der Waals surface area (Å²) in [4.78, 5) is 10.8. The van der Waals surface area contributed by atoms with Crippen LogP contribution < -0.4 is 16.4 Å². The zero-order valence-corrected chi connectivity index (χ0v) is 7.35. The number of carbonyl (C=O) groups excluding carboxylic acids is 1. The molecule has 0 saturated heterocycles. The molecule has 2 amide bonds. The van der Waals surface area contributed by atoms with Gasteiger partial charge in [-0.3, -0.25) is 0 Å². The molecule has 4 heteroatoms. The molecule has 0 aromatic heterocycles. The fourth-order valence-corrected chi connectivity index (χ4v) is 0.625. The van der Waals surface area contributed by atoms with E-state index >= 15 is 0 Å². The lowest BCUT2D eigenvalue weighted by atomic mass is 10.0. The van der Waals surface area contributed by atoms with Crippen molar-refractivity contribution in [2.24, 2.45) is 11.7 Å². The maximum atomic E-state index is 10.8. The Morgan fingerprint density at radius 2 is 2.09 bits per heavy atom. The fraction of sp³-hybridized carbons (Fsp3) is 0.857. The molecule has 0 radical (unpaired) electrons. The lowest BCUT2D eigenvalue weighted by molar-refractivity contribution is 0.236. The van der Waals surface area contributed by atoms with E-state index in [0.29, 0.717) is 12.5 Å². The summed E-state index contributed by atoms with van der Waals surface area (Å²) in [5.74, 6) is 0.312. The Morgan fingerprint density at radius 1 is 1.55 bits per heavy atom. The van der Waals surface area contributed by atoms with Crippen molar-refractivity contribution in [1.29, 1.82) is 0 Å². The van der Waals surface area contributed by atoms with Crippen molar-refractivity contribution in [1.82, 2.24) is 10.6 Å². The predicted octanol–water partition coefficient (Wildman–Crippen LogP) is -0.101. The SMILES string of the molecule is CNC(=O)NC(C)C(C)CN. The molecular weight excluding hydrogens is 142 g/mol. The van der Waals surface area contributed by atoms with E-state index in [1.807, 2.05) is 13.8 Å². The molecule has 0 aromatic rings. The third-order valence-corrected chi connectivity index (χ3v) is 1.81. The van der Waals surface area contributed by atoms with E-state index in [0.717, 1.165) is 0 Å². The molecule has 4 nitrogen and oxygen atoms in total. The van der Waals surface area contributed by atoms with Crippen molar-refractivity contribution < 1.29 is 4.79 Å². The van der Waals surface area contributed by atoms with Gasteiger partial charge in [0.15, 0.2) is 0 Å². The van der Waals surface area contributed by atoms with Crippen molar-refractivity contribution in [3.05, 3.63) is 0 Å². The smallest absolute Gasteiger partial charge is 0.314 e. The molecule has 11 heavy (non-hydrogen) atoms. The van der Waals surface area contributed by atoms with Crippen LogP contribution in [-0.2, 0) is 0 Å². The lowest BCUT2D eigenvalue weighted by Gasteiger charge is -2.18. The number of urea groups is 1. The van der Waals surface area contributed by atoms with Gasteiger partial charge in [0.25, 0.3) is 0 Å². The highest BCUT2D eigenvalue weighted by Gasteiger charge is 2.11. The Labute approximate surface area is 67.5 Å². The lowest BCUT2D eigenvalue weighted by Crippen LogP contribution is -2.43. The number of hydrogen-bond acceptors (Lipinski definition) is 2. The van der Waals surface area contributed by atoms with Gasteiger partial charge in [0.05, 0.1) is 0 Å². The summed E-state index contributed by atoms with van der Waals surface area (Å²) in [6.45, 7) is 4.53. The molecule has 4 N–H and O–H groups in total. The third-order valence-electron chi connectivity index (χ3n) is 1.81. The van der Waals surface area contributed by atoms with Crippen molar-refractivity contribution >= 4 is 6.03 Å². The average Bonchev–Trinajstić information content (AvgIpc) is 2.02. The van der Waals surface area contributed by atoms with Crippen LogP contribution in [0.4, 0.5) is 4.79 Å². The summed E-state index contributed by atoms with van der Waals surface area (Å²) in [7, 11) is 1.59. The van der Waals surface area contributed by atoms with Crippen molar-refractivity contribution in [2.75, 3.05) is 13.6 Å². The molecule has 0 spiro atoms. The van der Waals surface area contributed by atoms with Crippen LogP contribution >= 0.6 is 0 Å². The van der Waals surface area contributed by atoms with Crippen molar-refractivity contribution in [3.8, 4) is 0 Å². The molecule has 66 valence electrons. The van der Waals surface area contributed by atoms with Crippen LogP contribution in [0.2, 0.25) is 0 Å². The first-order valence-electron chi connectivity index (χ1n) is 3.80. The van der Waals surface area contributed by atoms with E-state index in [-0.39, 0.29) is 12.1 Å². The van der Waals surface area contributed by atoms with Gasteiger partial charge in [0.1, 0.15) is 0 Å². The minimum Gasteiger partial charge on any atom is -0.341 e. The number of nitrogens with one attached hydrogen (secondary N) is 2. The zero-order chi connectivity index (χ0) is 8.85. The second-order valence-electron chi connectivity index (χ2n) is 2.73. The maximum Gasteiger partial charge on any atom is 0.314 e.